The molecular formula is C11H11Br2NO3. The molecule has 0 atom stereocenters. The van der Waals surface area contributed by atoms with Crippen LogP contribution in [0.4, 0.5) is 0 Å². The topological polar surface area (TPSA) is 40.6 Å². The van der Waals surface area contributed by atoms with E-state index >= 15 is 0 Å². The molecule has 0 aromatic carbocycles. The fraction of sp³-hybridized carbons (Fsp3) is 0.545. The predicted octanol–water partition coefficient (Wildman–Crippen LogP) is 2.80. The first-order valence-corrected chi connectivity index (χ1v) is 6.85. The van der Waals surface area contributed by atoms with Crippen LogP contribution >= 0.6 is 31.9 Å². The third-order valence-electron chi connectivity index (χ3n) is 2.95. The molecule has 3 fully saturated rings. The molecule has 0 radical (unpaired) electrons. The van der Waals surface area contributed by atoms with Crippen molar-refractivity contribution in [1.82, 2.24) is 4.98 Å². The molecule has 92 valence electrons. The van der Waals surface area contributed by atoms with E-state index in [0.29, 0.717) is 29.0 Å². The number of fused-ring (bicyclic) bond motifs is 3. The highest BCUT2D eigenvalue weighted by atomic mass is 79.9. The Morgan fingerprint density at radius 1 is 1.06 bits per heavy atom. The first-order valence-electron chi connectivity index (χ1n) is 5.27. The Bertz CT molecular complexity index is 421. The summed E-state index contributed by atoms with van der Waals surface area (Å²) >= 11 is 6.70. The second-order valence-electron chi connectivity index (χ2n) is 4.73. The van der Waals surface area contributed by atoms with Crippen molar-refractivity contribution in [3.63, 3.8) is 0 Å². The van der Waals surface area contributed by atoms with Gasteiger partial charge in [0.2, 0.25) is 0 Å². The van der Waals surface area contributed by atoms with E-state index in [1.807, 2.05) is 12.1 Å². The van der Waals surface area contributed by atoms with Crippen molar-refractivity contribution >= 4 is 31.9 Å². The molecule has 0 spiro atoms. The molecule has 4 rings (SSSR count). The molecule has 1 aromatic heterocycles. The molecule has 4 nitrogen and oxygen atoms in total. The van der Waals surface area contributed by atoms with Gasteiger partial charge >= 0.3 is 5.97 Å². The third kappa shape index (κ3) is 2.06. The Balaban J connectivity index is 1.98. The predicted molar refractivity (Wildman–Crippen MR) is 67.3 cm³/mol. The Morgan fingerprint density at radius 2 is 1.53 bits per heavy atom. The van der Waals surface area contributed by atoms with E-state index in [0.717, 1.165) is 5.56 Å². The molecule has 0 amide bonds. The normalized spacial score (nSPS) is 36.2. The lowest BCUT2D eigenvalue weighted by Gasteiger charge is -2.50. The summed E-state index contributed by atoms with van der Waals surface area (Å²) in [4.78, 5) is 4.19. The van der Waals surface area contributed by atoms with E-state index in [9.17, 15) is 0 Å². The smallest absolute Gasteiger partial charge is 0.312 e. The Morgan fingerprint density at radius 3 is 2.00 bits per heavy atom. The molecule has 3 aliphatic rings. The zero-order chi connectivity index (χ0) is 12.1. The molecule has 3 saturated heterocycles. The van der Waals surface area contributed by atoms with E-state index in [2.05, 4.69) is 43.8 Å². The summed E-state index contributed by atoms with van der Waals surface area (Å²) in [6.07, 6.45) is 0. The van der Waals surface area contributed by atoms with Crippen molar-refractivity contribution in [3.05, 3.63) is 26.9 Å². The number of pyridine rings is 1. The number of aromatic nitrogens is 1. The van der Waals surface area contributed by atoms with Crippen LogP contribution < -0.4 is 0 Å². The van der Waals surface area contributed by atoms with Gasteiger partial charge in [-0.2, -0.15) is 0 Å². The van der Waals surface area contributed by atoms with E-state index in [-0.39, 0.29) is 5.41 Å². The van der Waals surface area contributed by atoms with Gasteiger partial charge in [-0.15, -0.1) is 0 Å². The van der Waals surface area contributed by atoms with Crippen LogP contribution in [0.3, 0.4) is 0 Å². The van der Waals surface area contributed by atoms with Crippen LogP contribution in [0.25, 0.3) is 0 Å². The van der Waals surface area contributed by atoms with Gasteiger partial charge in [0.25, 0.3) is 0 Å². The SMILES string of the molecule is CC12COC(c3cc(Br)nc(Br)c3)(OC1)OC2. The molecule has 2 bridgehead atoms. The maximum Gasteiger partial charge on any atom is 0.312 e. The lowest BCUT2D eigenvalue weighted by Crippen LogP contribution is -2.57. The van der Waals surface area contributed by atoms with Crippen LogP contribution in [0, 0.1) is 5.41 Å². The monoisotopic (exact) mass is 363 g/mol. The fourth-order valence-corrected chi connectivity index (χ4v) is 3.06. The van der Waals surface area contributed by atoms with Crippen LogP contribution in [-0.4, -0.2) is 24.8 Å². The quantitative estimate of drug-likeness (QED) is 0.718. The molecule has 0 aliphatic carbocycles. The summed E-state index contributed by atoms with van der Waals surface area (Å²) in [5, 5.41) is 0. The van der Waals surface area contributed by atoms with E-state index in [4.69, 9.17) is 14.2 Å². The first kappa shape index (κ1) is 12.0. The third-order valence-corrected chi connectivity index (χ3v) is 3.76. The minimum absolute atomic E-state index is 0.0246. The summed E-state index contributed by atoms with van der Waals surface area (Å²) < 4.78 is 18.7. The standard InChI is InChI=1S/C11H11Br2NO3/c1-10-4-15-11(16-5-10,17-6-10)7-2-8(12)14-9(13)3-7/h2-3H,4-6H2,1H3. The number of ether oxygens (including phenoxy) is 3. The van der Waals surface area contributed by atoms with Crippen molar-refractivity contribution in [2.75, 3.05) is 19.8 Å². The van der Waals surface area contributed by atoms with Crippen molar-refractivity contribution < 1.29 is 14.2 Å². The maximum atomic E-state index is 5.75. The number of halogens is 2. The van der Waals surface area contributed by atoms with Gasteiger partial charge in [0, 0.05) is 11.0 Å². The molecule has 1 aromatic rings. The molecule has 0 saturated carbocycles. The molecule has 0 N–H and O–H groups in total. The van der Waals surface area contributed by atoms with Gasteiger partial charge in [-0.25, -0.2) is 4.98 Å². The second-order valence-corrected chi connectivity index (χ2v) is 6.36. The van der Waals surface area contributed by atoms with Gasteiger partial charge in [-0.3, -0.25) is 0 Å². The minimum atomic E-state index is -1.06. The van der Waals surface area contributed by atoms with Gasteiger partial charge in [0.15, 0.2) is 0 Å². The lowest BCUT2D eigenvalue weighted by molar-refractivity contribution is -0.477. The highest BCUT2D eigenvalue weighted by Gasteiger charge is 2.51. The van der Waals surface area contributed by atoms with Crippen LogP contribution in [0.1, 0.15) is 12.5 Å². The van der Waals surface area contributed by atoms with Gasteiger partial charge < -0.3 is 14.2 Å². The van der Waals surface area contributed by atoms with E-state index in [1.165, 1.54) is 0 Å². The Labute approximate surface area is 116 Å². The highest BCUT2D eigenvalue weighted by molar-refractivity contribution is 9.11. The molecule has 4 heterocycles. The molecular weight excluding hydrogens is 354 g/mol. The average molecular weight is 365 g/mol. The Kier molecular flexibility index (Phi) is 2.83. The molecule has 0 unspecified atom stereocenters. The van der Waals surface area contributed by atoms with Crippen LogP contribution in [-0.2, 0) is 20.2 Å². The summed E-state index contributed by atoms with van der Waals surface area (Å²) in [7, 11) is 0. The largest absolute Gasteiger partial charge is 0.323 e. The summed E-state index contributed by atoms with van der Waals surface area (Å²) in [5.41, 5.74) is 0.788. The molecule has 17 heavy (non-hydrogen) atoms. The average Bonchev–Trinajstić information content (AvgIpc) is 2.29. The summed E-state index contributed by atoms with van der Waals surface area (Å²) in [6, 6.07) is 3.69. The van der Waals surface area contributed by atoms with Crippen LogP contribution in [0.5, 0.6) is 0 Å². The molecule has 3 aliphatic heterocycles. The van der Waals surface area contributed by atoms with Crippen LogP contribution in [0.15, 0.2) is 21.3 Å². The second kappa shape index (κ2) is 3.99. The van der Waals surface area contributed by atoms with E-state index in [1.54, 1.807) is 0 Å². The zero-order valence-corrected chi connectivity index (χ0v) is 12.4. The van der Waals surface area contributed by atoms with Crippen molar-refractivity contribution in [1.29, 1.82) is 0 Å². The zero-order valence-electron chi connectivity index (χ0n) is 9.20. The first-order chi connectivity index (χ1) is 8.01. The number of hydrogen-bond donors (Lipinski definition) is 0. The van der Waals surface area contributed by atoms with Crippen LogP contribution in [0.2, 0.25) is 0 Å². The van der Waals surface area contributed by atoms with E-state index < -0.39 is 5.97 Å². The number of rotatable bonds is 1. The van der Waals surface area contributed by atoms with Crippen molar-refractivity contribution in [2.24, 2.45) is 5.41 Å². The van der Waals surface area contributed by atoms with Crippen molar-refractivity contribution in [2.45, 2.75) is 12.9 Å². The number of nitrogens with zero attached hydrogens (tertiary/aromatic N) is 1. The molecule has 6 heteroatoms. The van der Waals surface area contributed by atoms with Gasteiger partial charge in [0.05, 0.1) is 19.8 Å². The summed E-state index contributed by atoms with van der Waals surface area (Å²) in [5.74, 6) is -1.06. The maximum absolute atomic E-state index is 5.75. The van der Waals surface area contributed by atoms with Crippen molar-refractivity contribution in [3.8, 4) is 0 Å². The van der Waals surface area contributed by atoms with Gasteiger partial charge in [0.1, 0.15) is 9.21 Å². The highest BCUT2D eigenvalue weighted by Crippen LogP contribution is 2.44. The lowest BCUT2D eigenvalue weighted by atomic mass is 9.91. The number of hydrogen-bond acceptors (Lipinski definition) is 4. The minimum Gasteiger partial charge on any atom is -0.323 e. The fourth-order valence-electron chi connectivity index (χ4n) is 1.95. The van der Waals surface area contributed by atoms with Gasteiger partial charge in [-0.1, -0.05) is 6.92 Å². The van der Waals surface area contributed by atoms with Gasteiger partial charge in [-0.05, 0) is 44.0 Å². The summed E-state index contributed by atoms with van der Waals surface area (Å²) in [6.45, 7) is 4.02. The Hall–Kier alpha value is -0.0100.